The van der Waals surface area contributed by atoms with Crippen LogP contribution in [0.1, 0.15) is 42.0 Å². The van der Waals surface area contributed by atoms with Gasteiger partial charge in [-0.25, -0.2) is 0 Å². The summed E-state index contributed by atoms with van der Waals surface area (Å²) in [5.41, 5.74) is 4.56. The number of rotatable bonds is 5. The molecule has 0 saturated carbocycles. The van der Waals surface area contributed by atoms with Gasteiger partial charge >= 0.3 is 0 Å². The van der Waals surface area contributed by atoms with Gasteiger partial charge in [-0.15, -0.1) is 0 Å². The molecule has 1 aromatic carbocycles. The summed E-state index contributed by atoms with van der Waals surface area (Å²) in [6.45, 7) is 3.23. The van der Waals surface area contributed by atoms with E-state index in [0.717, 1.165) is 12.5 Å². The third-order valence-corrected chi connectivity index (χ3v) is 4.58. The van der Waals surface area contributed by atoms with Crippen LogP contribution in [0.4, 0.5) is 0 Å². The molecule has 1 aliphatic rings. The number of hydrogen-bond acceptors (Lipinski definition) is 2. The molecule has 2 heteroatoms. The number of nitrogens with one attached hydrogen (secondary N) is 1. The lowest BCUT2D eigenvalue weighted by Gasteiger charge is -2.33. The minimum absolute atomic E-state index is 0.514. The van der Waals surface area contributed by atoms with E-state index >= 15 is 0 Å². The van der Waals surface area contributed by atoms with E-state index in [2.05, 4.69) is 53.3 Å². The predicted octanol–water partition coefficient (Wildman–Crippen LogP) is 4.13. The summed E-state index contributed by atoms with van der Waals surface area (Å²) in [4.78, 5) is 0. The maximum absolute atomic E-state index is 3.62. The number of benzene rings is 1. The number of hydrogen-bond donors (Lipinski definition) is 1. The van der Waals surface area contributed by atoms with Crippen LogP contribution >= 0.6 is 11.3 Å². The molecule has 2 aromatic rings. The van der Waals surface area contributed by atoms with E-state index < -0.39 is 0 Å². The molecule has 2 unspecified atom stereocenters. The minimum Gasteiger partial charge on any atom is -0.310 e. The van der Waals surface area contributed by atoms with Crippen molar-refractivity contribution >= 4 is 11.3 Å². The Hall–Kier alpha value is -1.12. The second kappa shape index (κ2) is 5.25. The Kier molecular flexibility index (Phi) is 3.48. The largest absolute Gasteiger partial charge is 0.310 e. The van der Waals surface area contributed by atoms with Gasteiger partial charge in [0.05, 0.1) is 0 Å². The van der Waals surface area contributed by atoms with Crippen molar-refractivity contribution in [2.24, 2.45) is 0 Å². The highest BCUT2D eigenvalue weighted by molar-refractivity contribution is 7.07. The molecule has 1 heterocycles. The van der Waals surface area contributed by atoms with Crippen LogP contribution in [-0.4, -0.2) is 6.54 Å². The molecule has 0 radical (unpaired) electrons. The van der Waals surface area contributed by atoms with Crippen LogP contribution in [0.25, 0.3) is 0 Å². The average Bonchev–Trinajstić information content (AvgIpc) is 2.88. The summed E-state index contributed by atoms with van der Waals surface area (Å²) >= 11 is 1.79. The highest BCUT2D eigenvalue weighted by Gasteiger charge is 2.28. The topological polar surface area (TPSA) is 12.0 Å². The Morgan fingerprint density at radius 3 is 2.94 bits per heavy atom. The van der Waals surface area contributed by atoms with E-state index in [1.807, 2.05) is 0 Å². The molecule has 0 aliphatic heterocycles. The normalized spacial score (nSPS) is 19.1. The molecule has 18 heavy (non-hydrogen) atoms. The van der Waals surface area contributed by atoms with E-state index in [1.54, 1.807) is 22.5 Å². The molecule has 0 bridgehead atoms. The van der Waals surface area contributed by atoms with Gasteiger partial charge in [0.1, 0.15) is 0 Å². The maximum Gasteiger partial charge on any atom is 0.0334 e. The van der Waals surface area contributed by atoms with E-state index in [1.165, 1.54) is 18.4 Å². The van der Waals surface area contributed by atoms with Gasteiger partial charge in [-0.1, -0.05) is 31.2 Å². The minimum atomic E-state index is 0.514. The van der Waals surface area contributed by atoms with E-state index in [9.17, 15) is 0 Å². The van der Waals surface area contributed by atoms with Gasteiger partial charge in [0.15, 0.2) is 0 Å². The molecule has 3 rings (SSSR count). The maximum atomic E-state index is 3.62. The zero-order chi connectivity index (χ0) is 12.4. The van der Waals surface area contributed by atoms with Crippen molar-refractivity contribution in [2.45, 2.75) is 31.7 Å². The van der Waals surface area contributed by atoms with Crippen molar-refractivity contribution in [3.63, 3.8) is 0 Å². The fourth-order valence-electron chi connectivity index (χ4n) is 2.91. The van der Waals surface area contributed by atoms with Gasteiger partial charge in [0, 0.05) is 6.04 Å². The lowest BCUT2D eigenvalue weighted by atomic mass is 9.74. The zero-order valence-electron chi connectivity index (χ0n) is 10.7. The molecule has 1 aliphatic carbocycles. The molecule has 0 saturated heterocycles. The van der Waals surface area contributed by atoms with E-state index in [-0.39, 0.29) is 0 Å². The van der Waals surface area contributed by atoms with Crippen LogP contribution in [-0.2, 0) is 6.42 Å². The summed E-state index contributed by atoms with van der Waals surface area (Å²) in [5, 5.41) is 8.07. The zero-order valence-corrected chi connectivity index (χ0v) is 11.5. The van der Waals surface area contributed by atoms with Crippen LogP contribution in [0.2, 0.25) is 0 Å². The first-order valence-corrected chi connectivity index (χ1v) is 7.66. The first-order chi connectivity index (χ1) is 8.88. The third-order valence-electron chi connectivity index (χ3n) is 3.88. The summed E-state index contributed by atoms with van der Waals surface area (Å²) < 4.78 is 0. The van der Waals surface area contributed by atoms with Gasteiger partial charge in [-0.3, -0.25) is 0 Å². The number of thiophene rings is 1. The molecule has 2 atom stereocenters. The van der Waals surface area contributed by atoms with Crippen molar-refractivity contribution < 1.29 is 0 Å². The molecule has 1 aromatic heterocycles. The van der Waals surface area contributed by atoms with Gasteiger partial charge in [-0.2, -0.15) is 11.3 Å². The van der Waals surface area contributed by atoms with Crippen molar-refractivity contribution in [3.8, 4) is 0 Å². The highest BCUT2D eigenvalue weighted by atomic mass is 32.1. The second-order valence-corrected chi connectivity index (χ2v) is 5.78. The second-order valence-electron chi connectivity index (χ2n) is 5.00. The standard InChI is InChI=1S/C16H19NS/c1-2-17-16(13-7-8-18-11-13)10-14-9-12-5-3-4-6-15(12)14/h3-8,11,14,16-17H,2,9-10H2,1H3. The Labute approximate surface area is 113 Å². The molecule has 0 spiro atoms. The van der Waals surface area contributed by atoms with Gasteiger partial charge in [0.2, 0.25) is 0 Å². The molecule has 1 N–H and O–H groups in total. The Bertz CT molecular complexity index is 504. The van der Waals surface area contributed by atoms with Crippen molar-refractivity contribution in [3.05, 3.63) is 57.8 Å². The molecule has 1 nitrogen and oxygen atoms in total. The third kappa shape index (κ3) is 2.23. The molecule has 0 fully saturated rings. The monoisotopic (exact) mass is 257 g/mol. The van der Waals surface area contributed by atoms with Crippen LogP contribution in [0.15, 0.2) is 41.1 Å². The summed E-state index contributed by atoms with van der Waals surface area (Å²) in [6.07, 6.45) is 2.48. The quantitative estimate of drug-likeness (QED) is 0.849. The lowest BCUT2D eigenvalue weighted by molar-refractivity contribution is 0.436. The Balaban J connectivity index is 1.72. The van der Waals surface area contributed by atoms with Gasteiger partial charge < -0.3 is 5.32 Å². The van der Waals surface area contributed by atoms with Gasteiger partial charge in [0.25, 0.3) is 0 Å². The molecular formula is C16H19NS. The smallest absolute Gasteiger partial charge is 0.0334 e. The van der Waals surface area contributed by atoms with Crippen LogP contribution in [0, 0.1) is 0 Å². The summed E-state index contributed by atoms with van der Waals surface area (Å²) in [6, 6.07) is 11.6. The molecular weight excluding hydrogens is 238 g/mol. The Morgan fingerprint density at radius 2 is 2.22 bits per heavy atom. The van der Waals surface area contributed by atoms with Crippen LogP contribution in [0.3, 0.4) is 0 Å². The van der Waals surface area contributed by atoms with Crippen LogP contribution < -0.4 is 5.32 Å². The molecule has 94 valence electrons. The SMILES string of the molecule is CCNC(CC1Cc2ccccc21)c1ccsc1. The fourth-order valence-corrected chi connectivity index (χ4v) is 3.63. The summed E-state index contributed by atoms with van der Waals surface area (Å²) in [7, 11) is 0. The van der Waals surface area contributed by atoms with Crippen molar-refractivity contribution in [1.29, 1.82) is 0 Å². The number of fused-ring (bicyclic) bond motifs is 1. The first-order valence-electron chi connectivity index (χ1n) is 6.71. The fraction of sp³-hybridized carbons (Fsp3) is 0.375. The van der Waals surface area contributed by atoms with Crippen LogP contribution in [0.5, 0.6) is 0 Å². The van der Waals surface area contributed by atoms with E-state index in [0.29, 0.717) is 6.04 Å². The average molecular weight is 257 g/mol. The van der Waals surface area contributed by atoms with Gasteiger partial charge in [-0.05, 0) is 58.8 Å². The summed E-state index contributed by atoms with van der Waals surface area (Å²) in [5.74, 6) is 0.741. The Morgan fingerprint density at radius 1 is 1.33 bits per heavy atom. The lowest BCUT2D eigenvalue weighted by Crippen LogP contribution is -2.26. The predicted molar refractivity (Wildman–Crippen MR) is 78.2 cm³/mol. The van der Waals surface area contributed by atoms with Crippen molar-refractivity contribution in [1.82, 2.24) is 5.32 Å². The van der Waals surface area contributed by atoms with E-state index in [4.69, 9.17) is 0 Å². The first kappa shape index (κ1) is 11.9. The highest BCUT2D eigenvalue weighted by Crippen LogP contribution is 2.40. The van der Waals surface area contributed by atoms with Crippen molar-refractivity contribution in [2.75, 3.05) is 6.54 Å². The molecule has 0 amide bonds.